The van der Waals surface area contributed by atoms with Gasteiger partial charge in [0.1, 0.15) is 5.60 Å². The van der Waals surface area contributed by atoms with Gasteiger partial charge in [0.25, 0.3) is 0 Å². The van der Waals surface area contributed by atoms with Crippen LogP contribution in [0.2, 0.25) is 0 Å². The van der Waals surface area contributed by atoms with Crippen LogP contribution in [0.5, 0.6) is 0 Å². The minimum Gasteiger partial charge on any atom is -0.481 e. The van der Waals surface area contributed by atoms with E-state index in [0.717, 1.165) is 0 Å². The van der Waals surface area contributed by atoms with E-state index in [9.17, 15) is 14.7 Å². The van der Waals surface area contributed by atoms with Crippen LogP contribution < -0.4 is 0 Å². The van der Waals surface area contributed by atoms with Crippen molar-refractivity contribution in [3.8, 4) is 0 Å². The Bertz CT molecular complexity index is 625. The van der Waals surface area contributed by atoms with Gasteiger partial charge in [0, 0.05) is 23.1 Å². The summed E-state index contributed by atoms with van der Waals surface area (Å²) in [5.74, 6) is -0.399. The Labute approximate surface area is 110 Å². The van der Waals surface area contributed by atoms with Crippen molar-refractivity contribution in [1.82, 2.24) is 0 Å². The minimum absolute atomic E-state index is 0.0963. The highest BCUT2D eigenvalue weighted by molar-refractivity contribution is 6.26. The lowest BCUT2D eigenvalue weighted by Gasteiger charge is -2.39. The molecule has 1 atom stereocenters. The molecule has 4 nitrogen and oxygen atoms in total. The van der Waals surface area contributed by atoms with Gasteiger partial charge >= 0.3 is 0 Å². The van der Waals surface area contributed by atoms with Gasteiger partial charge in [0.15, 0.2) is 11.5 Å². The highest BCUT2D eigenvalue weighted by Gasteiger charge is 2.44. The van der Waals surface area contributed by atoms with E-state index in [1.165, 1.54) is 0 Å². The molecule has 1 heterocycles. The zero-order chi connectivity index (χ0) is 13.8. The number of rotatable bonds is 0. The number of aliphatic hydroxyl groups excluding tert-OH is 1. The number of aliphatic hydroxyl groups is 1. The van der Waals surface area contributed by atoms with Crippen LogP contribution in [0.15, 0.2) is 35.6 Å². The summed E-state index contributed by atoms with van der Waals surface area (Å²) in [7, 11) is 0. The van der Waals surface area contributed by atoms with Gasteiger partial charge in [-0.15, -0.1) is 0 Å². The number of ether oxygens (including phenoxy) is 1. The summed E-state index contributed by atoms with van der Waals surface area (Å²) < 4.78 is 5.59. The van der Waals surface area contributed by atoms with Crippen molar-refractivity contribution in [1.29, 1.82) is 0 Å². The SMILES string of the molecule is CC1(C)OC2=C(C[C@@H]1O)C(=O)c1ccccc1C2=O. The number of allylic oxidation sites excluding steroid dienone is 1. The Morgan fingerprint density at radius 3 is 2.37 bits per heavy atom. The average Bonchev–Trinajstić information content (AvgIpc) is 2.38. The second-order valence-electron chi connectivity index (χ2n) is 5.44. The third-order valence-corrected chi connectivity index (χ3v) is 3.74. The lowest BCUT2D eigenvalue weighted by molar-refractivity contribution is -0.0798. The lowest BCUT2D eigenvalue weighted by atomic mass is 9.81. The highest BCUT2D eigenvalue weighted by Crippen LogP contribution is 2.38. The molecule has 3 rings (SSSR count). The topological polar surface area (TPSA) is 63.6 Å². The molecule has 98 valence electrons. The van der Waals surface area contributed by atoms with Crippen molar-refractivity contribution in [3.63, 3.8) is 0 Å². The zero-order valence-corrected chi connectivity index (χ0v) is 10.8. The first kappa shape index (κ1) is 12.1. The number of fused-ring (bicyclic) bond motifs is 1. The summed E-state index contributed by atoms with van der Waals surface area (Å²) >= 11 is 0. The maximum Gasteiger partial charge on any atom is 0.228 e. The minimum atomic E-state index is -0.860. The van der Waals surface area contributed by atoms with E-state index in [-0.39, 0.29) is 29.3 Å². The quantitative estimate of drug-likeness (QED) is 0.771. The van der Waals surface area contributed by atoms with Crippen molar-refractivity contribution >= 4 is 11.6 Å². The number of hydrogen-bond acceptors (Lipinski definition) is 4. The molecular formula is C15H14O4. The standard InChI is InChI=1S/C15H14O4/c1-15(2)11(16)7-10-12(17)8-5-3-4-6-9(8)13(18)14(10)19-15/h3-6,11,16H,7H2,1-2H3/t11-/m0/s1. The molecule has 4 heteroatoms. The molecule has 0 unspecified atom stereocenters. The maximum atomic E-state index is 12.4. The first-order valence-electron chi connectivity index (χ1n) is 6.20. The predicted octanol–water partition coefficient (Wildman–Crippen LogP) is 1.88. The molecular weight excluding hydrogens is 244 g/mol. The first-order valence-corrected chi connectivity index (χ1v) is 6.20. The van der Waals surface area contributed by atoms with Crippen molar-refractivity contribution in [2.24, 2.45) is 0 Å². The van der Waals surface area contributed by atoms with E-state index in [2.05, 4.69) is 0 Å². The van der Waals surface area contributed by atoms with Gasteiger partial charge in [-0.3, -0.25) is 9.59 Å². The van der Waals surface area contributed by atoms with Gasteiger partial charge in [-0.1, -0.05) is 24.3 Å². The zero-order valence-electron chi connectivity index (χ0n) is 10.8. The average molecular weight is 258 g/mol. The molecule has 1 aliphatic carbocycles. The molecule has 0 radical (unpaired) electrons. The molecule has 2 aliphatic rings. The smallest absolute Gasteiger partial charge is 0.228 e. The number of carbonyl (C=O) groups excluding carboxylic acids is 2. The predicted molar refractivity (Wildman–Crippen MR) is 67.9 cm³/mol. The van der Waals surface area contributed by atoms with Gasteiger partial charge in [0.2, 0.25) is 5.78 Å². The number of carbonyl (C=O) groups is 2. The first-order chi connectivity index (χ1) is 8.92. The maximum absolute atomic E-state index is 12.4. The van der Waals surface area contributed by atoms with Crippen LogP contribution in [0.4, 0.5) is 0 Å². The van der Waals surface area contributed by atoms with Crippen LogP contribution >= 0.6 is 0 Å². The number of benzene rings is 1. The van der Waals surface area contributed by atoms with Gasteiger partial charge < -0.3 is 9.84 Å². The highest BCUT2D eigenvalue weighted by atomic mass is 16.5. The molecule has 1 aliphatic heterocycles. The fourth-order valence-corrected chi connectivity index (χ4v) is 2.47. The lowest BCUT2D eigenvalue weighted by Crippen LogP contribution is -2.46. The Morgan fingerprint density at radius 1 is 1.16 bits per heavy atom. The van der Waals surface area contributed by atoms with Gasteiger partial charge in [-0.25, -0.2) is 0 Å². The summed E-state index contributed by atoms with van der Waals surface area (Å²) in [6, 6.07) is 6.70. The van der Waals surface area contributed by atoms with Crippen molar-refractivity contribution in [2.45, 2.75) is 32.0 Å². The fourth-order valence-electron chi connectivity index (χ4n) is 2.47. The van der Waals surface area contributed by atoms with E-state index < -0.39 is 11.7 Å². The summed E-state index contributed by atoms with van der Waals surface area (Å²) in [6.07, 6.45) is -0.644. The van der Waals surface area contributed by atoms with E-state index in [1.807, 2.05) is 0 Å². The molecule has 1 aromatic carbocycles. The Morgan fingerprint density at radius 2 is 1.74 bits per heavy atom. The summed E-state index contributed by atoms with van der Waals surface area (Å²) in [6.45, 7) is 3.42. The van der Waals surface area contributed by atoms with Crippen LogP contribution in [0.25, 0.3) is 0 Å². The molecule has 1 N–H and O–H groups in total. The molecule has 1 aromatic rings. The van der Waals surface area contributed by atoms with Crippen molar-refractivity contribution in [2.75, 3.05) is 0 Å². The van der Waals surface area contributed by atoms with Crippen LogP contribution in [-0.4, -0.2) is 28.4 Å². The largest absolute Gasteiger partial charge is 0.481 e. The van der Waals surface area contributed by atoms with E-state index in [1.54, 1.807) is 38.1 Å². The van der Waals surface area contributed by atoms with Crippen LogP contribution in [0.3, 0.4) is 0 Å². The number of Topliss-reactive ketones (excluding diaryl/α,β-unsaturated/α-hetero) is 2. The fraction of sp³-hybridized carbons (Fsp3) is 0.333. The van der Waals surface area contributed by atoms with Crippen LogP contribution in [0.1, 0.15) is 41.0 Å². The van der Waals surface area contributed by atoms with E-state index >= 15 is 0 Å². The normalized spacial score (nSPS) is 24.7. The molecule has 19 heavy (non-hydrogen) atoms. The Balaban J connectivity index is 2.16. The van der Waals surface area contributed by atoms with Gasteiger partial charge in [-0.05, 0) is 13.8 Å². The number of ketones is 2. The molecule has 0 bridgehead atoms. The number of hydrogen-bond donors (Lipinski definition) is 1. The van der Waals surface area contributed by atoms with Crippen molar-refractivity contribution < 1.29 is 19.4 Å². The summed E-state index contributed by atoms with van der Waals surface area (Å²) in [4.78, 5) is 24.7. The third-order valence-electron chi connectivity index (χ3n) is 3.74. The van der Waals surface area contributed by atoms with Crippen molar-refractivity contribution in [3.05, 3.63) is 46.7 Å². The summed E-state index contributed by atoms with van der Waals surface area (Å²) in [5.41, 5.74) is 0.192. The van der Waals surface area contributed by atoms with Crippen LogP contribution in [0, 0.1) is 0 Å². The van der Waals surface area contributed by atoms with E-state index in [4.69, 9.17) is 4.74 Å². The van der Waals surface area contributed by atoms with Crippen LogP contribution in [-0.2, 0) is 4.74 Å². The van der Waals surface area contributed by atoms with E-state index in [0.29, 0.717) is 11.1 Å². The second-order valence-corrected chi connectivity index (χ2v) is 5.44. The molecule has 0 fully saturated rings. The monoisotopic (exact) mass is 258 g/mol. The Hall–Kier alpha value is -1.94. The molecule has 0 aromatic heterocycles. The molecule has 0 amide bonds. The molecule has 0 spiro atoms. The molecule has 0 saturated carbocycles. The second kappa shape index (κ2) is 3.78. The molecule has 0 saturated heterocycles. The Kier molecular flexibility index (Phi) is 2.41. The van der Waals surface area contributed by atoms with Gasteiger partial charge in [-0.2, -0.15) is 0 Å². The third kappa shape index (κ3) is 1.64. The van der Waals surface area contributed by atoms with Gasteiger partial charge in [0.05, 0.1) is 6.10 Å². The summed E-state index contributed by atoms with van der Waals surface area (Å²) in [5, 5.41) is 10.0.